The van der Waals surface area contributed by atoms with Gasteiger partial charge < -0.3 is 15.0 Å². The lowest BCUT2D eigenvalue weighted by molar-refractivity contribution is -0.132. The molecule has 0 unspecified atom stereocenters. The minimum atomic E-state index is -0.205. The molecule has 1 heterocycles. The molecule has 2 amide bonds. The maximum atomic E-state index is 12.6. The van der Waals surface area contributed by atoms with Gasteiger partial charge in [0.05, 0.1) is 31.1 Å². The number of benzene rings is 1. The Morgan fingerprint density at radius 1 is 1.29 bits per heavy atom. The number of carbonyl (C=O) groups is 2. The topological polar surface area (TPSA) is 61.9 Å². The van der Waals surface area contributed by atoms with E-state index < -0.39 is 0 Å². The van der Waals surface area contributed by atoms with E-state index >= 15 is 0 Å². The Hall–Kier alpha value is -2.35. The summed E-state index contributed by atoms with van der Waals surface area (Å²) in [6.45, 7) is 4.82. The van der Waals surface area contributed by atoms with Gasteiger partial charge in [0.25, 0.3) is 0 Å². The molecule has 1 aromatic carbocycles. The number of nitrogens with zero attached hydrogens (tertiary/aromatic N) is 2. The summed E-state index contributed by atoms with van der Waals surface area (Å²) in [6.07, 6.45) is 1.68. The van der Waals surface area contributed by atoms with Gasteiger partial charge in [0, 0.05) is 23.2 Å². The van der Waals surface area contributed by atoms with Crippen LogP contribution in [-0.4, -0.2) is 55.4 Å². The standard InChI is InChI=1S/C20H24ClN3O3S/c1-4-10-24(12-17-8-9-18(21)28-17)20(26)14-23(2)13-19(25)22-15-6-5-7-16(11-15)27-3/h4-9,11H,1,10,12-14H2,2-3H3,(H,22,25). The van der Waals surface area contributed by atoms with Crippen LogP contribution in [0.3, 0.4) is 0 Å². The summed E-state index contributed by atoms with van der Waals surface area (Å²) in [6, 6.07) is 10.8. The second-order valence-electron chi connectivity index (χ2n) is 6.22. The van der Waals surface area contributed by atoms with Crippen LogP contribution in [0.1, 0.15) is 4.88 Å². The molecule has 8 heteroatoms. The highest BCUT2D eigenvalue weighted by Gasteiger charge is 2.17. The van der Waals surface area contributed by atoms with Crippen LogP contribution in [0.25, 0.3) is 0 Å². The number of halogens is 1. The number of thiophene rings is 1. The van der Waals surface area contributed by atoms with Crippen molar-refractivity contribution in [2.75, 3.05) is 39.1 Å². The van der Waals surface area contributed by atoms with E-state index in [1.165, 1.54) is 11.3 Å². The molecule has 150 valence electrons. The number of carbonyl (C=O) groups excluding carboxylic acids is 2. The van der Waals surface area contributed by atoms with E-state index in [1.807, 2.05) is 12.1 Å². The number of ether oxygens (including phenoxy) is 1. The summed E-state index contributed by atoms with van der Waals surface area (Å²) in [7, 11) is 3.30. The molecule has 2 rings (SSSR count). The predicted octanol–water partition coefficient (Wildman–Crippen LogP) is 3.50. The van der Waals surface area contributed by atoms with Gasteiger partial charge in [-0.1, -0.05) is 23.7 Å². The van der Waals surface area contributed by atoms with Crippen molar-refractivity contribution < 1.29 is 14.3 Å². The molecule has 2 aromatic rings. The summed E-state index contributed by atoms with van der Waals surface area (Å²) in [5, 5.41) is 2.80. The number of hydrogen-bond acceptors (Lipinski definition) is 5. The summed E-state index contributed by atoms with van der Waals surface area (Å²) in [5.41, 5.74) is 0.645. The first-order valence-electron chi connectivity index (χ1n) is 8.66. The first-order valence-corrected chi connectivity index (χ1v) is 9.86. The fraction of sp³-hybridized carbons (Fsp3) is 0.300. The summed E-state index contributed by atoms with van der Waals surface area (Å²) >= 11 is 7.40. The van der Waals surface area contributed by atoms with Gasteiger partial charge in [0.1, 0.15) is 5.75 Å². The Balaban J connectivity index is 1.88. The highest BCUT2D eigenvalue weighted by molar-refractivity contribution is 7.16. The Labute approximate surface area is 174 Å². The average Bonchev–Trinajstić information content (AvgIpc) is 3.06. The molecule has 0 saturated heterocycles. The largest absolute Gasteiger partial charge is 0.497 e. The van der Waals surface area contributed by atoms with Crippen LogP contribution in [0.2, 0.25) is 4.34 Å². The van der Waals surface area contributed by atoms with Gasteiger partial charge in [-0.25, -0.2) is 0 Å². The van der Waals surface area contributed by atoms with Gasteiger partial charge in [-0.05, 0) is 31.3 Å². The highest BCUT2D eigenvalue weighted by Crippen LogP contribution is 2.22. The van der Waals surface area contributed by atoms with Crippen molar-refractivity contribution >= 4 is 40.4 Å². The molecule has 0 aliphatic carbocycles. The van der Waals surface area contributed by atoms with Crippen molar-refractivity contribution in [3.63, 3.8) is 0 Å². The van der Waals surface area contributed by atoms with Crippen LogP contribution >= 0.6 is 22.9 Å². The van der Waals surface area contributed by atoms with Crippen LogP contribution in [0.15, 0.2) is 49.1 Å². The summed E-state index contributed by atoms with van der Waals surface area (Å²) in [4.78, 5) is 29.2. The van der Waals surface area contributed by atoms with E-state index in [0.29, 0.717) is 28.9 Å². The van der Waals surface area contributed by atoms with Crippen LogP contribution in [-0.2, 0) is 16.1 Å². The molecule has 0 radical (unpaired) electrons. The number of hydrogen-bond donors (Lipinski definition) is 1. The highest BCUT2D eigenvalue weighted by atomic mass is 35.5. The zero-order chi connectivity index (χ0) is 20.5. The number of amides is 2. The molecule has 0 bridgehead atoms. The van der Waals surface area contributed by atoms with Crippen molar-refractivity contribution in [1.82, 2.24) is 9.80 Å². The van der Waals surface area contributed by atoms with Crippen LogP contribution in [0.4, 0.5) is 5.69 Å². The van der Waals surface area contributed by atoms with Gasteiger partial charge in [-0.3, -0.25) is 14.5 Å². The van der Waals surface area contributed by atoms with E-state index in [-0.39, 0.29) is 24.9 Å². The zero-order valence-electron chi connectivity index (χ0n) is 16.0. The quantitative estimate of drug-likeness (QED) is 0.596. The number of methoxy groups -OCH3 is 1. The predicted molar refractivity (Wildman–Crippen MR) is 114 cm³/mol. The van der Waals surface area contributed by atoms with Gasteiger partial charge in [-0.15, -0.1) is 17.9 Å². The van der Waals surface area contributed by atoms with E-state index in [0.717, 1.165) is 4.88 Å². The third-order valence-corrected chi connectivity index (χ3v) is 5.07. The molecular weight excluding hydrogens is 398 g/mol. The molecule has 1 N–H and O–H groups in total. The first kappa shape index (κ1) is 21.9. The van der Waals surface area contributed by atoms with Crippen LogP contribution < -0.4 is 10.1 Å². The van der Waals surface area contributed by atoms with Crippen molar-refractivity contribution in [1.29, 1.82) is 0 Å². The maximum Gasteiger partial charge on any atom is 0.238 e. The first-order chi connectivity index (χ1) is 13.4. The number of likely N-dealkylation sites (N-methyl/N-ethyl adjacent to an activating group) is 1. The van der Waals surface area contributed by atoms with Gasteiger partial charge >= 0.3 is 0 Å². The lowest BCUT2D eigenvalue weighted by Gasteiger charge is -2.24. The third-order valence-electron chi connectivity index (χ3n) is 3.85. The molecule has 0 spiro atoms. The third kappa shape index (κ3) is 6.99. The maximum absolute atomic E-state index is 12.6. The molecule has 0 atom stereocenters. The van der Waals surface area contributed by atoms with Crippen molar-refractivity contribution in [2.45, 2.75) is 6.54 Å². The van der Waals surface area contributed by atoms with Crippen LogP contribution in [0.5, 0.6) is 5.75 Å². The lowest BCUT2D eigenvalue weighted by Crippen LogP contribution is -2.41. The Morgan fingerprint density at radius 2 is 2.07 bits per heavy atom. The van der Waals surface area contributed by atoms with Gasteiger partial charge in [0.2, 0.25) is 11.8 Å². The van der Waals surface area contributed by atoms with Crippen molar-refractivity contribution in [3.8, 4) is 5.75 Å². The fourth-order valence-electron chi connectivity index (χ4n) is 2.57. The molecular formula is C20H24ClN3O3S. The number of nitrogens with one attached hydrogen (secondary N) is 1. The monoisotopic (exact) mass is 421 g/mol. The molecule has 0 saturated carbocycles. The summed E-state index contributed by atoms with van der Waals surface area (Å²) < 4.78 is 5.83. The van der Waals surface area contributed by atoms with Gasteiger partial charge in [-0.2, -0.15) is 0 Å². The Bertz CT molecular complexity index is 825. The average molecular weight is 422 g/mol. The van der Waals surface area contributed by atoms with E-state index in [9.17, 15) is 9.59 Å². The van der Waals surface area contributed by atoms with Crippen molar-refractivity contribution in [3.05, 3.63) is 58.3 Å². The molecule has 28 heavy (non-hydrogen) atoms. The minimum absolute atomic E-state index is 0.0823. The number of anilines is 1. The second kappa shape index (κ2) is 10.8. The van der Waals surface area contributed by atoms with Gasteiger partial charge in [0.15, 0.2) is 0 Å². The Kier molecular flexibility index (Phi) is 8.50. The molecule has 0 fully saturated rings. The molecule has 0 aliphatic heterocycles. The minimum Gasteiger partial charge on any atom is -0.497 e. The van der Waals surface area contributed by atoms with Crippen molar-refractivity contribution in [2.24, 2.45) is 0 Å². The van der Waals surface area contributed by atoms with E-state index in [4.69, 9.17) is 16.3 Å². The normalized spacial score (nSPS) is 10.6. The molecule has 0 aliphatic rings. The number of rotatable bonds is 10. The molecule has 6 nitrogen and oxygen atoms in total. The van der Waals surface area contributed by atoms with Crippen LogP contribution in [0, 0.1) is 0 Å². The fourth-order valence-corrected chi connectivity index (χ4v) is 3.67. The second-order valence-corrected chi connectivity index (χ2v) is 8.02. The van der Waals surface area contributed by atoms with E-state index in [1.54, 1.807) is 54.3 Å². The summed E-state index contributed by atoms with van der Waals surface area (Å²) in [5.74, 6) is 0.375. The lowest BCUT2D eigenvalue weighted by atomic mass is 10.3. The molecule has 1 aromatic heterocycles. The SMILES string of the molecule is C=CCN(Cc1ccc(Cl)s1)C(=O)CN(C)CC(=O)Nc1cccc(OC)c1. The zero-order valence-corrected chi connectivity index (χ0v) is 17.6. The smallest absolute Gasteiger partial charge is 0.238 e. The van der Waals surface area contributed by atoms with E-state index in [2.05, 4.69) is 11.9 Å². The Morgan fingerprint density at radius 3 is 2.71 bits per heavy atom.